The minimum absolute atomic E-state index is 0.240. The van der Waals surface area contributed by atoms with Crippen LogP contribution in [0.25, 0.3) is 0 Å². The van der Waals surface area contributed by atoms with Gasteiger partial charge in [-0.15, -0.1) is 0 Å². The van der Waals surface area contributed by atoms with E-state index < -0.39 is 0 Å². The van der Waals surface area contributed by atoms with Crippen LogP contribution in [-0.2, 0) is 17.8 Å². The number of benzene rings is 1. The Morgan fingerprint density at radius 2 is 2.31 bits per heavy atom. The molecule has 1 aromatic rings. The summed E-state index contributed by atoms with van der Waals surface area (Å²) in [6.45, 7) is 0.263. The smallest absolute Gasteiger partial charge is 0.129 e. The van der Waals surface area contributed by atoms with Gasteiger partial charge in [0.15, 0.2) is 0 Å². The number of hydrogen-bond acceptors (Lipinski definition) is 2. The number of nitriles is 1. The van der Waals surface area contributed by atoms with Gasteiger partial charge in [-0.2, -0.15) is 5.26 Å². The zero-order chi connectivity index (χ0) is 9.68. The molecule has 1 aromatic carbocycles. The quantitative estimate of drug-likeness (QED) is 0.711. The topological polar surface area (TPSA) is 33.0 Å². The molecule has 0 radical (unpaired) electrons. The lowest BCUT2D eigenvalue weighted by atomic mass is 10.1. The van der Waals surface area contributed by atoms with Crippen LogP contribution in [0.15, 0.2) is 18.2 Å². The molecular formula is C10H10FNO. The molecule has 0 fully saturated rings. The number of methoxy groups -OCH3 is 1. The van der Waals surface area contributed by atoms with Crippen LogP contribution < -0.4 is 0 Å². The Labute approximate surface area is 76.6 Å². The molecule has 3 heteroatoms. The van der Waals surface area contributed by atoms with Gasteiger partial charge in [0.1, 0.15) is 5.82 Å². The number of ether oxygens (including phenoxy) is 1. The Bertz CT molecular complexity index is 330. The first-order valence-corrected chi connectivity index (χ1v) is 3.91. The molecular weight excluding hydrogens is 169 g/mol. The summed E-state index contributed by atoms with van der Waals surface area (Å²) >= 11 is 0. The first kappa shape index (κ1) is 9.69. The fraction of sp³-hybridized carbons (Fsp3) is 0.300. The van der Waals surface area contributed by atoms with Crippen molar-refractivity contribution in [2.24, 2.45) is 0 Å². The predicted octanol–water partition coefficient (Wildman–Crippen LogP) is 2.04. The van der Waals surface area contributed by atoms with Crippen LogP contribution in [0.3, 0.4) is 0 Å². The van der Waals surface area contributed by atoms with Crippen molar-refractivity contribution in [3.8, 4) is 6.07 Å². The molecule has 0 aromatic heterocycles. The highest BCUT2D eigenvalue weighted by Gasteiger charge is 2.02. The van der Waals surface area contributed by atoms with E-state index in [0.717, 1.165) is 0 Å². The molecule has 2 nitrogen and oxygen atoms in total. The molecule has 0 N–H and O–H groups in total. The first-order valence-electron chi connectivity index (χ1n) is 3.91. The van der Waals surface area contributed by atoms with Gasteiger partial charge < -0.3 is 4.74 Å². The van der Waals surface area contributed by atoms with Crippen molar-refractivity contribution in [1.29, 1.82) is 5.26 Å². The van der Waals surface area contributed by atoms with Gasteiger partial charge in [-0.3, -0.25) is 0 Å². The van der Waals surface area contributed by atoms with E-state index in [1.807, 2.05) is 6.07 Å². The number of rotatable bonds is 3. The van der Waals surface area contributed by atoms with E-state index in [0.29, 0.717) is 11.1 Å². The Kier molecular flexibility index (Phi) is 3.41. The molecule has 0 saturated carbocycles. The lowest BCUT2D eigenvalue weighted by molar-refractivity contribution is 0.181. The maximum Gasteiger partial charge on any atom is 0.129 e. The van der Waals surface area contributed by atoms with Crippen LogP contribution in [0.5, 0.6) is 0 Å². The van der Waals surface area contributed by atoms with Gasteiger partial charge in [-0.05, 0) is 11.6 Å². The van der Waals surface area contributed by atoms with E-state index in [1.54, 1.807) is 12.1 Å². The molecule has 0 aliphatic rings. The number of nitrogens with zero attached hydrogens (tertiary/aromatic N) is 1. The molecule has 0 bridgehead atoms. The lowest BCUT2D eigenvalue weighted by Crippen LogP contribution is -1.94. The Morgan fingerprint density at radius 1 is 1.54 bits per heavy atom. The summed E-state index contributed by atoms with van der Waals surface area (Å²) in [5, 5.41) is 8.39. The standard InChI is InChI=1S/C10H10FNO/c1-13-7-9-3-2-8(4-5-12)6-10(9)11/h2-3,6H,4,7H2,1H3. The van der Waals surface area contributed by atoms with Crippen LogP contribution in [0, 0.1) is 17.1 Å². The van der Waals surface area contributed by atoms with Gasteiger partial charge in [-0.25, -0.2) is 4.39 Å². The second-order valence-electron chi connectivity index (χ2n) is 2.69. The second-order valence-corrected chi connectivity index (χ2v) is 2.69. The van der Waals surface area contributed by atoms with Crippen LogP contribution in [-0.4, -0.2) is 7.11 Å². The molecule has 0 aliphatic carbocycles. The van der Waals surface area contributed by atoms with E-state index in [-0.39, 0.29) is 18.8 Å². The largest absolute Gasteiger partial charge is 0.380 e. The van der Waals surface area contributed by atoms with Crippen molar-refractivity contribution in [3.05, 3.63) is 35.1 Å². The molecule has 0 heterocycles. The lowest BCUT2D eigenvalue weighted by Gasteiger charge is -2.02. The van der Waals surface area contributed by atoms with Gasteiger partial charge in [0.05, 0.1) is 19.1 Å². The van der Waals surface area contributed by atoms with Gasteiger partial charge >= 0.3 is 0 Å². The summed E-state index contributed by atoms with van der Waals surface area (Å²) in [5.41, 5.74) is 1.21. The molecule has 0 spiro atoms. The van der Waals surface area contributed by atoms with Gasteiger partial charge in [0.2, 0.25) is 0 Å². The maximum absolute atomic E-state index is 13.2. The van der Waals surface area contributed by atoms with Crippen molar-refractivity contribution in [2.45, 2.75) is 13.0 Å². The van der Waals surface area contributed by atoms with Crippen molar-refractivity contribution in [1.82, 2.24) is 0 Å². The average Bonchev–Trinajstić information content (AvgIpc) is 2.10. The van der Waals surface area contributed by atoms with Crippen molar-refractivity contribution in [2.75, 3.05) is 7.11 Å². The normalized spacial score (nSPS) is 9.62. The summed E-state index contributed by atoms with van der Waals surface area (Å²) in [6, 6.07) is 6.72. The first-order chi connectivity index (χ1) is 6.27. The van der Waals surface area contributed by atoms with Crippen molar-refractivity contribution >= 4 is 0 Å². The summed E-state index contributed by atoms with van der Waals surface area (Å²) in [6.07, 6.45) is 0.240. The molecule has 1 rings (SSSR count). The maximum atomic E-state index is 13.2. The molecule has 0 amide bonds. The number of halogens is 1. The highest BCUT2D eigenvalue weighted by Crippen LogP contribution is 2.11. The third kappa shape index (κ3) is 2.53. The van der Waals surface area contributed by atoms with Gasteiger partial charge in [0, 0.05) is 12.7 Å². The Balaban J connectivity index is 2.86. The molecule has 13 heavy (non-hydrogen) atoms. The van der Waals surface area contributed by atoms with Crippen molar-refractivity contribution in [3.63, 3.8) is 0 Å². The summed E-state index contributed by atoms with van der Waals surface area (Å²) in [7, 11) is 1.52. The minimum Gasteiger partial charge on any atom is -0.380 e. The van der Waals surface area contributed by atoms with Crippen LogP contribution >= 0.6 is 0 Å². The second kappa shape index (κ2) is 4.58. The molecule has 0 unspecified atom stereocenters. The predicted molar refractivity (Wildman–Crippen MR) is 46.4 cm³/mol. The average molecular weight is 179 g/mol. The van der Waals surface area contributed by atoms with Crippen LogP contribution in [0.1, 0.15) is 11.1 Å². The highest BCUT2D eigenvalue weighted by atomic mass is 19.1. The minimum atomic E-state index is -0.311. The van der Waals surface area contributed by atoms with E-state index in [2.05, 4.69) is 0 Å². The zero-order valence-electron chi connectivity index (χ0n) is 7.38. The summed E-state index contributed by atoms with van der Waals surface area (Å²) in [5.74, 6) is -0.311. The zero-order valence-corrected chi connectivity index (χ0v) is 7.38. The summed E-state index contributed by atoms with van der Waals surface area (Å²) in [4.78, 5) is 0. The molecule has 0 saturated heterocycles. The fourth-order valence-corrected chi connectivity index (χ4v) is 1.06. The van der Waals surface area contributed by atoms with E-state index >= 15 is 0 Å². The van der Waals surface area contributed by atoms with Gasteiger partial charge in [-0.1, -0.05) is 12.1 Å². The summed E-state index contributed by atoms with van der Waals surface area (Å²) < 4.78 is 18.0. The van der Waals surface area contributed by atoms with E-state index in [1.165, 1.54) is 13.2 Å². The third-order valence-electron chi connectivity index (χ3n) is 1.70. The van der Waals surface area contributed by atoms with E-state index in [4.69, 9.17) is 10.00 Å². The Morgan fingerprint density at radius 3 is 2.85 bits per heavy atom. The van der Waals surface area contributed by atoms with Crippen LogP contribution in [0.4, 0.5) is 4.39 Å². The Hall–Kier alpha value is -1.40. The number of hydrogen-bond donors (Lipinski definition) is 0. The molecule has 0 atom stereocenters. The third-order valence-corrected chi connectivity index (χ3v) is 1.70. The van der Waals surface area contributed by atoms with E-state index in [9.17, 15) is 4.39 Å². The molecule has 68 valence electrons. The SMILES string of the molecule is COCc1ccc(CC#N)cc1F. The monoisotopic (exact) mass is 179 g/mol. The van der Waals surface area contributed by atoms with Gasteiger partial charge in [0.25, 0.3) is 0 Å². The molecule has 0 aliphatic heterocycles. The van der Waals surface area contributed by atoms with Crippen LogP contribution in [0.2, 0.25) is 0 Å². The highest BCUT2D eigenvalue weighted by molar-refractivity contribution is 5.25. The fourth-order valence-electron chi connectivity index (χ4n) is 1.06. The van der Waals surface area contributed by atoms with Crippen molar-refractivity contribution < 1.29 is 9.13 Å².